The number of carbonyl (C=O) groups is 3. The van der Waals surface area contributed by atoms with Crippen molar-refractivity contribution < 1.29 is 34.4 Å². The van der Waals surface area contributed by atoms with E-state index in [1.807, 2.05) is 23.9 Å². The Balaban J connectivity index is 1.15. The molecule has 0 spiro atoms. The maximum atomic E-state index is 12.2. The first-order valence-corrected chi connectivity index (χ1v) is 19.1. The third-order valence-electron chi connectivity index (χ3n) is 9.23. The van der Waals surface area contributed by atoms with Crippen molar-refractivity contribution in [3.8, 4) is 0 Å². The molecule has 12 heteroatoms. The number of hydrogen-bond donors (Lipinski definition) is 7. The Morgan fingerprint density at radius 3 is 2.47 bits per heavy atom. The van der Waals surface area contributed by atoms with Crippen LogP contribution in [0, 0.1) is 5.92 Å². The zero-order chi connectivity index (χ0) is 33.9. The lowest BCUT2D eigenvalue weighted by atomic mass is 9.87. The molecule has 3 heterocycles. The van der Waals surface area contributed by atoms with Gasteiger partial charge in [0, 0.05) is 49.3 Å². The number of amides is 4. The van der Waals surface area contributed by atoms with Crippen LogP contribution < -0.4 is 21.3 Å². The number of fused-ring (bicyclic) bond motifs is 1. The first-order valence-electron chi connectivity index (χ1n) is 18.0. The third-order valence-corrected chi connectivity index (χ3v) is 10.7. The Labute approximate surface area is 285 Å². The molecule has 0 radical (unpaired) electrons. The molecule has 0 saturated carbocycles. The van der Waals surface area contributed by atoms with Crippen LogP contribution in [0.1, 0.15) is 110 Å². The zero-order valence-corrected chi connectivity index (χ0v) is 29.1. The number of nitrogens with one attached hydrogen (secondary N) is 4. The van der Waals surface area contributed by atoms with Gasteiger partial charge in [0.05, 0.1) is 30.4 Å². The van der Waals surface area contributed by atoms with Crippen LogP contribution in [-0.2, 0) is 14.3 Å². The average Bonchev–Trinajstić information content (AvgIpc) is 3.59. The molecule has 7 N–H and O–H groups in total. The second-order valence-electron chi connectivity index (χ2n) is 13.2. The van der Waals surface area contributed by atoms with Gasteiger partial charge in [-0.15, -0.1) is 0 Å². The fourth-order valence-corrected chi connectivity index (χ4v) is 7.98. The summed E-state index contributed by atoms with van der Waals surface area (Å²) in [4.78, 5) is 35.8. The molecule has 3 aliphatic rings. The van der Waals surface area contributed by atoms with Crippen LogP contribution in [0.2, 0.25) is 0 Å². The summed E-state index contributed by atoms with van der Waals surface area (Å²) in [7, 11) is 0. The molecule has 0 aromatic carbocycles. The van der Waals surface area contributed by atoms with Gasteiger partial charge in [0.15, 0.2) is 6.29 Å². The largest absolute Gasteiger partial charge is 0.393 e. The van der Waals surface area contributed by atoms with Gasteiger partial charge in [-0.05, 0) is 57.8 Å². The molecule has 3 aliphatic heterocycles. The van der Waals surface area contributed by atoms with E-state index in [2.05, 4.69) is 28.2 Å². The lowest BCUT2D eigenvalue weighted by molar-refractivity contribution is -0.199. The summed E-state index contributed by atoms with van der Waals surface area (Å²) in [6, 6.07) is 0.405. The van der Waals surface area contributed by atoms with Crippen molar-refractivity contribution in [3.63, 3.8) is 0 Å². The van der Waals surface area contributed by atoms with E-state index < -0.39 is 24.6 Å². The van der Waals surface area contributed by atoms with Gasteiger partial charge >= 0.3 is 6.03 Å². The monoisotopic (exact) mass is 680 g/mol. The minimum Gasteiger partial charge on any atom is -0.393 e. The number of unbranched alkanes of at least 4 members (excludes halogenated alkanes) is 6. The minimum atomic E-state index is -1.02. The summed E-state index contributed by atoms with van der Waals surface area (Å²) in [6.07, 6.45) is 17.4. The van der Waals surface area contributed by atoms with E-state index in [1.165, 1.54) is 0 Å². The predicted molar refractivity (Wildman–Crippen MR) is 186 cm³/mol. The number of ether oxygens (including phenoxy) is 1. The topological polar surface area (TPSA) is 169 Å². The molecule has 0 aliphatic carbocycles. The highest BCUT2D eigenvalue weighted by molar-refractivity contribution is 8.00. The number of rotatable bonds is 23. The van der Waals surface area contributed by atoms with Crippen molar-refractivity contribution in [2.45, 2.75) is 152 Å². The van der Waals surface area contributed by atoms with Crippen LogP contribution in [0.25, 0.3) is 0 Å². The molecule has 3 saturated heterocycles. The Kier molecular flexibility index (Phi) is 18.8. The number of thioether (sulfide) groups is 1. The molecule has 0 aromatic rings. The van der Waals surface area contributed by atoms with Crippen LogP contribution in [0.15, 0.2) is 24.3 Å². The van der Waals surface area contributed by atoms with Gasteiger partial charge in [0.2, 0.25) is 11.8 Å². The summed E-state index contributed by atoms with van der Waals surface area (Å²) in [5.74, 6) is 0.881. The van der Waals surface area contributed by atoms with Gasteiger partial charge in [-0.3, -0.25) is 9.59 Å². The van der Waals surface area contributed by atoms with Crippen LogP contribution in [0.3, 0.4) is 0 Å². The number of hydrogen-bond acceptors (Lipinski definition) is 8. The summed E-state index contributed by atoms with van der Waals surface area (Å²) in [6.45, 7) is 3.41. The number of allylic oxidation sites excluding steroid dienone is 2. The first-order chi connectivity index (χ1) is 22.8. The van der Waals surface area contributed by atoms with E-state index in [4.69, 9.17) is 4.74 Å². The molecule has 1 unspecified atom stereocenters. The van der Waals surface area contributed by atoms with Gasteiger partial charge in [0.1, 0.15) is 0 Å². The van der Waals surface area contributed by atoms with E-state index >= 15 is 0 Å². The summed E-state index contributed by atoms with van der Waals surface area (Å²) in [5, 5.41) is 43.1. The molecular weight excluding hydrogens is 620 g/mol. The summed E-state index contributed by atoms with van der Waals surface area (Å²) < 4.78 is 5.66. The maximum Gasteiger partial charge on any atom is 0.315 e. The van der Waals surface area contributed by atoms with Crippen LogP contribution in [0.5, 0.6) is 0 Å². The summed E-state index contributed by atoms with van der Waals surface area (Å²) in [5.41, 5.74) is 0. The van der Waals surface area contributed by atoms with E-state index in [0.29, 0.717) is 44.0 Å². The molecule has 11 nitrogen and oxygen atoms in total. The second kappa shape index (κ2) is 22.5. The highest BCUT2D eigenvalue weighted by Gasteiger charge is 2.42. The van der Waals surface area contributed by atoms with Crippen molar-refractivity contribution >= 4 is 29.6 Å². The van der Waals surface area contributed by atoms with E-state index in [0.717, 1.165) is 76.4 Å². The quantitative estimate of drug-likeness (QED) is 0.0486. The van der Waals surface area contributed by atoms with Crippen molar-refractivity contribution in [1.29, 1.82) is 0 Å². The highest BCUT2D eigenvalue weighted by atomic mass is 32.2. The molecule has 4 amide bonds. The zero-order valence-electron chi connectivity index (χ0n) is 28.2. The summed E-state index contributed by atoms with van der Waals surface area (Å²) >= 11 is 1.90. The van der Waals surface area contributed by atoms with E-state index in [1.54, 1.807) is 12.2 Å². The van der Waals surface area contributed by atoms with E-state index in [-0.39, 0.29) is 42.3 Å². The number of aliphatic hydroxyl groups excluding tert-OH is 3. The van der Waals surface area contributed by atoms with E-state index in [9.17, 15) is 29.7 Å². The average molecular weight is 681 g/mol. The fraction of sp³-hybridized carbons (Fsp3) is 0.800. The Morgan fingerprint density at radius 2 is 1.72 bits per heavy atom. The van der Waals surface area contributed by atoms with Gasteiger partial charge in [-0.1, -0.05) is 56.9 Å². The van der Waals surface area contributed by atoms with Gasteiger partial charge < -0.3 is 41.3 Å². The fourth-order valence-electron chi connectivity index (χ4n) is 6.44. The standard InChI is InChI=1S/C35H60N4O7S/c1-2-3-7-14-25(40)19-20-29-26(28(41)23-33(44)46-29)15-8-4-5-9-17-31(42)36-21-12-6-13-22-37-32(43)18-11-10-16-30-34-27(24-47-30)38-35(45)39-34/h4,8,19-20,25-30,33-34,40-41,44H,2-3,5-7,9-18,21-24H2,1H3,(H,36,42)(H,37,43)(H2,38,39,45)/b8-4-,20-19+/t25-,26-,27-,28-,29+,30-,33?,34-/m0/s1. The molecule has 0 bridgehead atoms. The number of urea groups is 1. The van der Waals surface area contributed by atoms with Crippen LogP contribution in [0.4, 0.5) is 4.79 Å². The van der Waals surface area contributed by atoms with Gasteiger partial charge in [-0.25, -0.2) is 4.79 Å². The number of carbonyl (C=O) groups excluding carboxylic acids is 3. The minimum absolute atomic E-state index is 0.0394. The highest BCUT2D eigenvalue weighted by Crippen LogP contribution is 2.33. The number of aliphatic hydroxyl groups is 3. The van der Waals surface area contributed by atoms with Crippen molar-refractivity contribution in [2.24, 2.45) is 5.92 Å². The lowest BCUT2D eigenvalue weighted by Crippen LogP contribution is -2.43. The maximum absolute atomic E-state index is 12.2. The molecule has 268 valence electrons. The Bertz CT molecular complexity index is 999. The van der Waals surface area contributed by atoms with Gasteiger partial charge in [-0.2, -0.15) is 11.8 Å². The predicted octanol–water partition coefficient (Wildman–Crippen LogP) is 3.81. The molecule has 47 heavy (non-hydrogen) atoms. The second-order valence-corrected chi connectivity index (χ2v) is 14.5. The first kappa shape index (κ1) is 39.3. The normalized spacial score (nSPS) is 27.9. The molecule has 8 atom stereocenters. The molecular formula is C35H60N4O7S. The van der Waals surface area contributed by atoms with Crippen molar-refractivity contribution in [2.75, 3.05) is 18.8 Å². The molecule has 3 fully saturated rings. The van der Waals surface area contributed by atoms with Crippen LogP contribution >= 0.6 is 11.8 Å². The third kappa shape index (κ3) is 15.3. The SMILES string of the molecule is CCCCC[C@H](O)/C=C/[C@H]1OC(O)C[C@H](O)[C@@H]1C/C=C\CCCC(=O)NCCCCCNC(=O)CCCC[C@@H]1SC[C@@H]2NC(=O)N[C@@H]21. The smallest absolute Gasteiger partial charge is 0.315 e. The van der Waals surface area contributed by atoms with Crippen molar-refractivity contribution in [1.82, 2.24) is 21.3 Å². The van der Waals surface area contributed by atoms with Crippen molar-refractivity contribution in [3.05, 3.63) is 24.3 Å². The molecule has 0 aromatic heterocycles. The van der Waals surface area contributed by atoms with Gasteiger partial charge in [0.25, 0.3) is 0 Å². The Morgan fingerprint density at radius 1 is 0.979 bits per heavy atom. The lowest BCUT2D eigenvalue weighted by Gasteiger charge is -2.36. The van der Waals surface area contributed by atoms with Crippen LogP contribution in [-0.4, -0.2) is 93.9 Å². The molecule has 3 rings (SSSR count). The Hall–Kier alpha value is -2.12.